The predicted molar refractivity (Wildman–Crippen MR) is 247 cm³/mol. The van der Waals surface area contributed by atoms with Gasteiger partial charge in [0, 0.05) is 0 Å². The van der Waals surface area contributed by atoms with Crippen LogP contribution in [0.1, 0.15) is 247 Å². The van der Waals surface area contributed by atoms with Gasteiger partial charge in [-0.05, 0) is 38.5 Å². The third-order valence-electron chi connectivity index (χ3n) is 12.2. The fourth-order valence-electron chi connectivity index (χ4n) is 8.46. The van der Waals surface area contributed by atoms with Crippen molar-refractivity contribution < 1.29 is 0 Å². The Labute approximate surface area is 343 Å². The third-order valence-corrected chi connectivity index (χ3v) is 12.2. The molecule has 55 heavy (non-hydrogen) atoms. The van der Waals surface area contributed by atoms with Crippen molar-refractivity contribution in [2.75, 3.05) is 0 Å². The van der Waals surface area contributed by atoms with Gasteiger partial charge in [0.1, 0.15) is 0 Å². The lowest BCUT2D eigenvalue weighted by Gasteiger charge is -2.26. The van der Waals surface area contributed by atoms with Crippen molar-refractivity contribution >= 4 is 0 Å². The van der Waals surface area contributed by atoms with E-state index >= 15 is 0 Å². The average molecular weight is 748 g/mol. The van der Waals surface area contributed by atoms with Crippen LogP contribution in [0.25, 0.3) is 0 Å². The average Bonchev–Trinajstić information content (AvgIpc) is 3.21. The van der Waals surface area contributed by atoms with Gasteiger partial charge in [0.2, 0.25) is 0 Å². The summed E-state index contributed by atoms with van der Waals surface area (Å²) in [5.74, 6) is 1.38. The molecule has 0 aliphatic rings. The van der Waals surface area contributed by atoms with E-state index < -0.39 is 0 Å². The van der Waals surface area contributed by atoms with Crippen molar-refractivity contribution in [3.63, 3.8) is 0 Å². The second kappa shape index (κ2) is 32.6. The number of rotatable bonds is 36. The van der Waals surface area contributed by atoms with Gasteiger partial charge in [-0.2, -0.15) is 0 Å². The van der Waals surface area contributed by atoms with E-state index in [1.165, 1.54) is 251 Å². The van der Waals surface area contributed by atoms with Crippen LogP contribution in [0.5, 0.6) is 0 Å². The molecule has 0 nitrogen and oxygen atoms in total. The minimum atomic E-state index is 1.20. The van der Waals surface area contributed by atoms with Gasteiger partial charge in [-0.15, -0.1) is 0 Å². The standard InChI is InChI=1S/C55H87/c1-4-7-10-13-16-19-22-25-28-31-34-49-37-43-52(44-38-49)55(53-45-39-50(40-46-53)35-32-29-26-23-20-17-14-11-8-5-2)54-47-41-51(42-48-54)36-33-30-27-24-21-18-15-12-9-6-3/h37-48H,4-36H2,1-3H3/q-1. The van der Waals surface area contributed by atoms with Gasteiger partial charge in [-0.1, -0.05) is 306 Å². The van der Waals surface area contributed by atoms with Crippen molar-refractivity contribution in [3.05, 3.63) is 112 Å². The first-order chi connectivity index (χ1) is 27.2. The molecule has 3 rings (SSSR count). The van der Waals surface area contributed by atoms with Crippen LogP contribution >= 0.6 is 0 Å². The summed E-state index contributed by atoms with van der Waals surface area (Å²) >= 11 is 0. The molecule has 0 bridgehead atoms. The zero-order valence-electron chi connectivity index (χ0n) is 36.8. The summed E-state index contributed by atoms with van der Waals surface area (Å²) in [6.07, 6.45) is 45.6. The molecule has 0 radical (unpaired) electrons. The van der Waals surface area contributed by atoms with E-state index in [-0.39, 0.29) is 0 Å². The molecule has 0 heterocycles. The summed E-state index contributed by atoms with van der Waals surface area (Å²) in [5, 5.41) is 0. The van der Waals surface area contributed by atoms with Gasteiger partial charge in [0.25, 0.3) is 0 Å². The lowest BCUT2D eigenvalue weighted by atomic mass is 9.83. The maximum atomic E-state index is 2.40. The van der Waals surface area contributed by atoms with E-state index in [0.717, 1.165) is 0 Å². The molecule has 0 aromatic heterocycles. The van der Waals surface area contributed by atoms with Crippen molar-refractivity contribution in [2.45, 2.75) is 233 Å². The molecule has 308 valence electrons. The number of benzene rings is 3. The van der Waals surface area contributed by atoms with Gasteiger partial charge in [0.05, 0.1) is 0 Å². The van der Waals surface area contributed by atoms with Crippen LogP contribution in [0.2, 0.25) is 0 Å². The summed E-state index contributed by atoms with van der Waals surface area (Å²) in [6, 6.07) is 28.8. The van der Waals surface area contributed by atoms with Gasteiger partial charge in [-0.25, -0.2) is 0 Å². The number of aryl methyl sites for hydroxylation is 3. The Bertz CT molecular complexity index is 1090. The Morgan fingerprint density at radius 3 is 0.618 bits per heavy atom. The number of hydrogen-bond acceptors (Lipinski definition) is 0. The highest BCUT2D eigenvalue weighted by Gasteiger charge is 2.12. The molecule has 0 saturated carbocycles. The Morgan fingerprint density at radius 2 is 0.418 bits per heavy atom. The van der Waals surface area contributed by atoms with Gasteiger partial charge in [0.15, 0.2) is 0 Å². The van der Waals surface area contributed by atoms with Crippen LogP contribution < -0.4 is 0 Å². The summed E-state index contributed by atoms with van der Waals surface area (Å²) in [4.78, 5) is 0. The van der Waals surface area contributed by atoms with E-state index in [0.29, 0.717) is 0 Å². The fourth-order valence-corrected chi connectivity index (χ4v) is 8.46. The Hall–Kier alpha value is -2.47. The molecule has 0 aliphatic carbocycles. The molecule has 0 aliphatic heterocycles. The van der Waals surface area contributed by atoms with Gasteiger partial charge in [-0.3, -0.25) is 0 Å². The van der Waals surface area contributed by atoms with Crippen LogP contribution in [0.15, 0.2) is 72.8 Å². The van der Waals surface area contributed by atoms with Crippen molar-refractivity contribution in [1.29, 1.82) is 0 Å². The van der Waals surface area contributed by atoms with E-state index in [9.17, 15) is 0 Å². The molecular formula is C55H87-. The van der Waals surface area contributed by atoms with E-state index in [4.69, 9.17) is 0 Å². The van der Waals surface area contributed by atoms with Crippen LogP contribution in [-0.2, 0) is 19.3 Å². The SMILES string of the molecule is CCCCCCCCCCCCc1ccc([C-](c2ccc(CCCCCCCCCCCC)cc2)c2ccc(CCCCCCCCCCCC)cc2)cc1. The molecule has 3 aromatic carbocycles. The lowest BCUT2D eigenvalue weighted by molar-refractivity contribution is 0.556. The highest BCUT2D eigenvalue weighted by Crippen LogP contribution is 2.32. The highest BCUT2D eigenvalue weighted by atomic mass is 14.2. The third kappa shape index (κ3) is 22.2. The molecule has 0 spiro atoms. The topological polar surface area (TPSA) is 0 Å². The van der Waals surface area contributed by atoms with Gasteiger partial charge < -0.3 is 0 Å². The molecule has 0 N–H and O–H groups in total. The first kappa shape index (κ1) is 46.9. The molecule has 0 fully saturated rings. The molecule has 0 heteroatoms. The second-order valence-corrected chi connectivity index (χ2v) is 17.3. The molecule has 0 amide bonds. The summed E-state index contributed by atoms with van der Waals surface area (Å²) in [5.41, 5.74) is 8.49. The van der Waals surface area contributed by atoms with E-state index in [1.54, 1.807) is 0 Å². The molecule has 0 saturated heterocycles. The Morgan fingerprint density at radius 1 is 0.236 bits per heavy atom. The fraction of sp³-hybridized carbons (Fsp3) is 0.655. The van der Waals surface area contributed by atoms with E-state index in [1.807, 2.05) is 0 Å². The maximum Gasteiger partial charge on any atom is -0.0288 e. The van der Waals surface area contributed by atoms with Crippen molar-refractivity contribution in [1.82, 2.24) is 0 Å². The first-order valence-corrected chi connectivity index (χ1v) is 24.4. The van der Waals surface area contributed by atoms with Crippen molar-refractivity contribution in [2.24, 2.45) is 0 Å². The minimum absolute atomic E-state index is 1.20. The Balaban J connectivity index is 1.52. The highest BCUT2D eigenvalue weighted by molar-refractivity contribution is 5.58. The normalized spacial score (nSPS) is 11.4. The lowest BCUT2D eigenvalue weighted by Crippen LogP contribution is -2.05. The predicted octanol–water partition coefficient (Wildman–Crippen LogP) is 18.1. The quantitative estimate of drug-likeness (QED) is 0.0316. The maximum absolute atomic E-state index is 2.40. The first-order valence-electron chi connectivity index (χ1n) is 24.4. The zero-order chi connectivity index (χ0) is 38.9. The second-order valence-electron chi connectivity index (χ2n) is 17.3. The van der Waals surface area contributed by atoms with Crippen LogP contribution in [0.3, 0.4) is 0 Å². The van der Waals surface area contributed by atoms with Crippen LogP contribution in [-0.4, -0.2) is 0 Å². The monoisotopic (exact) mass is 748 g/mol. The van der Waals surface area contributed by atoms with Crippen LogP contribution in [0, 0.1) is 5.92 Å². The summed E-state index contributed by atoms with van der Waals surface area (Å²) in [7, 11) is 0. The number of unbranched alkanes of at least 4 members (excludes halogenated alkanes) is 27. The summed E-state index contributed by atoms with van der Waals surface area (Å²) < 4.78 is 0. The van der Waals surface area contributed by atoms with E-state index in [2.05, 4.69) is 93.6 Å². The molecular weight excluding hydrogens is 661 g/mol. The minimum Gasteiger partial charge on any atom is -0.0996 e. The summed E-state index contributed by atoms with van der Waals surface area (Å²) in [6.45, 7) is 6.92. The molecule has 0 atom stereocenters. The van der Waals surface area contributed by atoms with Crippen LogP contribution in [0.4, 0.5) is 0 Å². The molecule has 0 unspecified atom stereocenters. The zero-order valence-corrected chi connectivity index (χ0v) is 36.8. The largest absolute Gasteiger partial charge is 0.0996 e. The smallest absolute Gasteiger partial charge is 0.0288 e. The van der Waals surface area contributed by atoms with Gasteiger partial charge >= 0.3 is 0 Å². The Kier molecular flexibility index (Phi) is 27.8. The van der Waals surface area contributed by atoms with Crippen molar-refractivity contribution in [3.8, 4) is 0 Å². The molecule has 3 aromatic rings. The number of hydrogen-bond donors (Lipinski definition) is 0.